The molecule has 0 spiro atoms. The minimum absolute atomic E-state index is 0.279. The van der Waals surface area contributed by atoms with Crippen molar-refractivity contribution in [2.45, 2.75) is 5.75 Å². The van der Waals surface area contributed by atoms with Gasteiger partial charge in [0, 0.05) is 0 Å². The van der Waals surface area contributed by atoms with Crippen molar-refractivity contribution in [3.8, 4) is 0 Å². The Labute approximate surface area is 75.0 Å². The van der Waals surface area contributed by atoms with Crippen LogP contribution in [0.5, 0.6) is 0 Å². The van der Waals surface area contributed by atoms with Gasteiger partial charge in [0.05, 0.1) is 5.75 Å². The van der Waals surface area contributed by atoms with Gasteiger partial charge in [-0.15, -0.1) is 0 Å². The Balaban J connectivity index is 2.87. The molecule has 0 aromatic heterocycles. The molecule has 6 heteroatoms. The molecule has 0 saturated carbocycles. The van der Waals surface area contributed by atoms with Crippen molar-refractivity contribution in [3.63, 3.8) is 0 Å². The van der Waals surface area contributed by atoms with E-state index in [4.69, 9.17) is 5.21 Å². The average Bonchev–Trinajstić information content (AvgIpc) is 2.03. The molecule has 0 aliphatic heterocycles. The zero-order valence-electron chi connectivity index (χ0n) is 6.57. The molecule has 0 unspecified atom stereocenters. The molecule has 2 N–H and O–H groups in total. The van der Waals surface area contributed by atoms with E-state index in [2.05, 4.69) is 0 Å². The second kappa shape index (κ2) is 3.82. The zero-order chi connectivity index (χ0) is 9.90. The lowest BCUT2D eigenvalue weighted by molar-refractivity contribution is 0.242. The van der Waals surface area contributed by atoms with E-state index in [1.54, 1.807) is 0 Å². The first-order valence-corrected chi connectivity index (χ1v) is 5.07. The summed E-state index contributed by atoms with van der Waals surface area (Å²) in [7, 11) is -3.75. The third kappa shape index (κ3) is 3.10. The van der Waals surface area contributed by atoms with Crippen molar-refractivity contribution in [2.75, 3.05) is 0 Å². The van der Waals surface area contributed by atoms with Gasteiger partial charge in [-0.3, -0.25) is 0 Å². The van der Waals surface area contributed by atoms with Gasteiger partial charge in [-0.05, 0) is 17.7 Å². The largest absolute Gasteiger partial charge is 0.302 e. The summed E-state index contributed by atoms with van der Waals surface area (Å²) in [6.45, 7) is 0. The normalized spacial score (nSPS) is 11.5. The lowest BCUT2D eigenvalue weighted by atomic mass is 10.2. The lowest BCUT2D eigenvalue weighted by Crippen LogP contribution is -2.21. The van der Waals surface area contributed by atoms with Gasteiger partial charge in [-0.1, -0.05) is 17.0 Å². The smallest absolute Gasteiger partial charge is 0.237 e. The van der Waals surface area contributed by atoms with Gasteiger partial charge in [0.2, 0.25) is 10.0 Å². The summed E-state index contributed by atoms with van der Waals surface area (Å²) in [5, 5.41) is 8.19. The molecule has 72 valence electrons. The van der Waals surface area contributed by atoms with E-state index < -0.39 is 21.6 Å². The van der Waals surface area contributed by atoms with Crippen molar-refractivity contribution in [1.29, 1.82) is 0 Å². The Morgan fingerprint density at radius 3 is 2.69 bits per heavy atom. The summed E-state index contributed by atoms with van der Waals surface area (Å²) in [5.41, 5.74) is 0.279. The van der Waals surface area contributed by atoms with Crippen LogP contribution in [-0.4, -0.2) is 13.6 Å². The first kappa shape index (κ1) is 10.1. The minimum atomic E-state index is -3.75. The second-order valence-corrected chi connectivity index (χ2v) is 4.18. The highest BCUT2D eigenvalue weighted by atomic mass is 32.2. The fourth-order valence-electron chi connectivity index (χ4n) is 0.878. The maximum absolute atomic E-state index is 12.6. The number of hydrogen-bond donors (Lipinski definition) is 2. The standard InChI is InChI=1S/C7H8FNO3S/c8-7-3-1-2-6(4-7)5-13(11,12)9-10/h1-4,9-10H,5H2. The molecule has 0 aliphatic carbocycles. The van der Waals surface area contributed by atoms with Crippen LogP contribution in [0.25, 0.3) is 0 Å². The lowest BCUT2D eigenvalue weighted by Gasteiger charge is -2.00. The summed E-state index contributed by atoms with van der Waals surface area (Å²) >= 11 is 0. The first-order chi connectivity index (χ1) is 6.03. The molecule has 13 heavy (non-hydrogen) atoms. The number of sulfonamides is 1. The molecule has 0 amide bonds. The summed E-state index contributed by atoms with van der Waals surface area (Å²) in [5.74, 6) is -0.952. The summed E-state index contributed by atoms with van der Waals surface area (Å²) in [6, 6.07) is 5.16. The highest BCUT2D eigenvalue weighted by Gasteiger charge is 2.09. The van der Waals surface area contributed by atoms with Crippen LogP contribution < -0.4 is 4.89 Å². The van der Waals surface area contributed by atoms with Crippen LogP contribution in [0.4, 0.5) is 4.39 Å². The van der Waals surface area contributed by atoms with E-state index in [1.807, 2.05) is 0 Å². The van der Waals surface area contributed by atoms with E-state index in [1.165, 1.54) is 18.2 Å². The fraction of sp³-hybridized carbons (Fsp3) is 0.143. The Bertz CT molecular complexity index is 390. The number of nitrogens with one attached hydrogen (secondary N) is 1. The predicted molar refractivity (Wildman–Crippen MR) is 43.9 cm³/mol. The van der Waals surface area contributed by atoms with Gasteiger partial charge in [-0.25, -0.2) is 12.8 Å². The van der Waals surface area contributed by atoms with Gasteiger partial charge in [0.15, 0.2) is 0 Å². The second-order valence-electron chi connectivity index (χ2n) is 2.48. The van der Waals surface area contributed by atoms with Crippen molar-refractivity contribution >= 4 is 10.0 Å². The average molecular weight is 205 g/mol. The van der Waals surface area contributed by atoms with E-state index in [0.717, 1.165) is 11.0 Å². The third-order valence-corrected chi connectivity index (χ3v) is 2.38. The topological polar surface area (TPSA) is 66.4 Å². The highest BCUT2D eigenvalue weighted by molar-refractivity contribution is 7.88. The van der Waals surface area contributed by atoms with Crippen LogP contribution >= 0.6 is 0 Å². The quantitative estimate of drug-likeness (QED) is 0.711. The van der Waals surface area contributed by atoms with Crippen LogP contribution in [-0.2, 0) is 15.8 Å². The maximum Gasteiger partial charge on any atom is 0.237 e. The number of hydrogen-bond acceptors (Lipinski definition) is 3. The van der Waals surface area contributed by atoms with Crippen LogP contribution in [0.15, 0.2) is 24.3 Å². The molecule has 0 radical (unpaired) electrons. The Kier molecular flexibility index (Phi) is 2.97. The Hall–Kier alpha value is -0.980. The van der Waals surface area contributed by atoms with Crippen molar-refractivity contribution in [3.05, 3.63) is 35.6 Å². The van der Waals surface area contributed by atoms with Gasteiger partial charge < -0.3 is 5.21 Å². The maximum atomic E-state index is 12.6. The van der Waals surface area contributed by atoms with Crippen LogP contribution in [0, 0.1) is 5.82 Å². The van der Waals surface area contributed by atoms with E-state index in [0.29, 0.717) is 0 Å². The van der Waals surface area contributed by atoms with Gasteiger partial charge in [0.25, 0.3) is 0 Å². The number of benzene rings is 1. The number of rotatable bonds is 3. The molecule has 0 atom stereocenters. The monoisotopic (exact) mass is 205 g/mol. The van der Waals surface area contributed by atoms with Crippen molar-refractivity contribution in [1.82, 2.24) is 4.89 Å². The van der Waals surface area contributed by atoms with E-state index in [-0.39, 0.29) is 5.56 Å². The first-order valence-electron chi connectivity index (χ1n) is 3.41. The molecule has 0 bridgehead atoms. The van der Waals surface area contributed by atoms with Crippen LogP contribution in [0.1, 0.15) is 5.56 Å². The molecule has 1 aromatic rings. The molecule has 0 heterocycles. The van der Waals surface area contributed by atoms with Gasteiger partial charge in [-0.2, -0.15) is 0 Å². The summed E-state index contributed by atoms with van der Waals surface area (Å²) in [6.07, 6.45) is 0. The van der Waals surface area contributed by atoms with E-state index >= 15 is 0 Å². The molecular weight excluding hydrogens is 197 g/mol. The Morgan fingerprint density at radius 1 is 1.46 bits per heavy atom. The molecule has 4 nitrogen and oxygen atoms in total. The van der Waals surface area contributed by atoms with Crippen molar-refractivity contribution in [2.24, 2.45) is 0 Å². The molecular formula is C7H8FNO3S. The van der Waals surface area contributed by atoms with E-state index in [9.17, 15) is 12.8 Å². The highest BCUT2D eigenvalue weighted by Crippen LogP contribution is 2.06. The molecule has 0 saturated heterocycles. The van der Waals surface area contributed by atoms with Gasteiger partial charge in [0.1, 0.15) is 5.82 Å². The minimum Gasteiger partial charge on any atom is -0.302 e. The van der Waals surface area contributed by atoms with Crippen LogP contribution in [0.2, 0.25) is 0 Å². The summed E-state index contributed by atoms with van der Waals surface area (Å²) in [4.78, 5) is 1.16. The zero-order valence-corrected chi connectivity index (χ0v) is 7.38. The van der Waals surface area contributed by atoms with Crippen LogP contribution in [0.3, 0.4) is 0 Å². The third-order valence-electron chi connectivity index (χ3n) is 1.38. The predicted octanol–water partition coefficient (Wildman–Crippen LogP) is 0.634. The molecule has 0 aliphatic rings. The summed E-state index contributed by atoms with van der Waals surface area (Å²) < 4.78 is 34.2. The molecule has 0 fully saturated rings. The molecule has 1 rings (SSSR count). The molecule has 1 aromatic carbocycles. The SMILES string of the molecule is O=S(=O)(Cc1cccc(F)c1)NO. The Morgan fingerprint density at radius 2 is 2.15 bits per heavy atom. The fourth-order valence-corrected chi connectivity index (χ4v) is 1.56. The van der Waals surface area contributed by atoms with Crippen molar-refractivity contribution < 1.29 is 18.0 Å². The number of halogens is 1. The van der Waals surface area contributed by atoms with Gasteiger partial charge >= 0.3 is 0 Å².